The third kappa shape index (κ3) is 2.85. The van der Waals surface area contributed by atoms with Crippen LogP contribution in [0.15, 0.2) is 24.3 Å². The number of hydrogen-bond donors (Lipinski definition) is 0. The summed E-state index contributed by atoms with van der Waals surface area (Å²) in [7, 11) is 0. The summed E-state index contributed by atoms with van der Waals surface area (Å²) >= 11 is 6.06. The number of likely N-dealkylation sites (tertiary alicyclic amines) is 1. The molecule has 1 amide bonds. The van der Waals surface area contributed by atoms with Gasteiger partial charge in [-0.3, -0.25) is 4.79 Å². The normalized spacial score (nSPS) is 23.1. The lowest BCUT2D eigenvalue weighted by molar-refractivity contribution is 0.0734. The van der Waals surface area contributed by atoms with E-state index in [4.69, 9.17) is 11.6 Å². The van der Waals surface area contributed by atoms with Crippen molar-refractivity contribution in [2.24, 2.45) is 5.92 Å². The molecule has 1 fully saturated rings. The largest absolute Gasteiger partial charge is 0.334 e. The minimum atomic E-state index is -0.0337. The Morgan fingerprint density at radius 3 is 2.60 bits per heavy atom. The highest BCUT2D eigenvalue weighted by atomic mass is 35.5. The Bertz CT molecular complexity index is 492. The Hall–Kier alpha value is -1.02. The third-order valence-corrected chi connectivity index (χ3v) is 4.58. The smallest absolute Gasteiger partial charge is 0.254 e. The van der Waals surface area contributed by atoms with Crippen molar-refractivity contribution < 1.29 is 4.79 Å². The fourth-order valence-electron chi connectivity index (χ4n) is 2.97. The van der Waals surface area contributed by atoms with E-state index >= 15 is 0 Å². The molecule has 1 aromatic rings. The lowest BCUT2D eigenvalue weighted by atomic mass is 9.83. The second-order valence-corrected chi connectivity index (χ2v) is 7.09. The maximum absolute atomic E-state index is 12.9. The summed E-state index contributed by atoms with van der Waals surface area (Å²) in [6.45, 7) is 9.42. The van der Waals surface area contributed by atoms with E-state index in [0.717, 1.165) is 24.1 Å². The fraction of sp³-hybridized carbons (Fsp3) is 0.588. The third-order valence-electron chi connectivity index (χ3n) is 4.27. The van der Waals surface area contributed by atoms with Crippen LogP contribution in [-0.4, -0.2) is 29.3 Å². The predicted molar refractivity (Wildman–Crippen MR) is 84.5 cm³/mol. The highest BCUT2D eigenvalue weighted by Crippen LogP contribution is 2.30. The quantitative estimate of drug-likeness (QED) is 0.753. The van der Waals surface area contributed by atoms with Crippen LogP contribution in [0.5, 0.6) is 0 Å². The van der Waals surface area contributed by atoms with E-state index < -0.39 is 0 Å². The van der Waals surface area contributed by atoms with Gasteiger partial charge in [0.25, 0.3) is 5.91 Å². The van der Waals surface area contributed by atoms with Gasteiger partial charge in [-0.2, -0.15) is 0 Å². The van der Waals surface area contributed by atoms with E-state index in [1.54, 1.807) is 0 Å². The zero-order chi connectivity index (χ0) is 14.9. The zero-order valence-corrected chi connectivity index (χ0v) is 13.6. The first kappa shape index (κ1) is 15.4. The molecule has 1 aliphatic heterocycles. The van der Waals surface area contributed by atoms with Crippen molar-refractivity contribution in [3.8, 4) is 0 Å². The average Bonchev–Trinajstić information content (AvgIpc) is 2.78. The first-order valence-electron chi connectivity index (χ1n) is 7.32. The topological polar surface area (TPSA) is 20.3 Å². The SMILES string of the molecule is CC1CCN(C(=O)c2ccccc2C(C)(C)C)C1CCl. The van der Waals surface area contributed by atoms with Crippen LogP contribution in [0.25, 0.3) is 0 Å². The Labute approximate surface area is 127 Å². The van der Waals surface area contributed by atoms with Crippen molar-refractivity contribution in [2.45, 2.75) is 45.6 Å². The average molecular weight is 294 g/mol. The molecule has 0 saturated carbocycles. The molecular weight excluding hydrogens is 270 g/mol. The van der Waals surface area contributed by atoms with Gasteiger partial charge >= 0.3 is 0 Å². The van der Waals surface area contributed by atoms with Gasteiger partial charge < -0.3 is 4.90 Å². The molecule has 0 N–H and O–H groups in total. The highest BCUT2D eigenvalue weighted by molar-refractivity contribution is 6.18. The summed E-state index contributed by atoms with van der Waals surface area (Å²) in [4.78, 5) is 14.9. The van der Waals surface area contributed by atoms with E-state index in [1.165, 1.54) is 0 Å². The monoisotopic (exact) mass is 293 g/mol. The molecule has 3 heteroatoms. The van der Waals surface area contributed by atoms with Gasteiger partial charge in [0.05, 0.1) is 0 Å². The number of rotatable bonds is 2. The van der Waals surface area contributed by atoms with E-state index in [9.17, 15) is 4.79 Å². The van der Waals surface area contributed by atoms with Crippen LogP contribution < -0.4 is 0 Å². The zero-order valence-electron chi connectivity index (χ0n) is 12.8. The van der Waals surface area contributed by atoms with Gasteiger partial charge in [0, 0.05) is 24.0 Å². The number of benzene rings is 1. The van der Waals surface area contributed by atoms with E-state index in [-0.39, 0.29) is 17.4 Å². The van der Waals surface area contributed by atoms with Crippen LogP contribution in [-0.2, 0) is 5.41 Å². The summed E-state index contributed by atoms with van der Waals surface area (Å²) in [6.07, 6.45) is 1.04. The molecule has 0 aliphatic carbocycles. The number of alkyl halides is 1. The summed E-state index contributed by atoms with van der Waals surface area (Å²) < 4.78 is 0. The number of carbonyl (C=O) groups excluding carboxylic acids is 1. The Morgan fingerprint density at radius 1 is 1.35 bits per heavy atom. The summed E-state index contributed by atoms with van der Waals surface area (Å²) in [5, 5.41) is 0. The molecule has 1 heterocycles. The minimum absolute atomic E-state index is 0.0337. The number of halogens is 1. The molecule has 2 nitrogen and oxygen atoms in total. The van der Waals surface area contributed by atoms with Gasteiger partial charge in [-0.25, -0.2) is 0 Å². The van der Waals surface area contributed by atoms with Crippen LogP contribution in [0.3, 0.4) is 0 Å². The Balaban J connectivity index is 2.35. The molecule has 0 aromatic heterocycles. The van der Waals surface area contributed by atoms with E-state index in [1.807, 2.05) is 23.1 Å². The molecule has 0 bridgehead atoms. The van der Waals surface area contributed by atoms with Gasteiger partial charge in [-0.05, 0) is 29.4 Å². The van der Waals surface area contributed by atoms with E-state index in [0.29, 0.717) is 11.8 Å². The second kappa shape index (κ2) is 5.77. The van der Waals surface area contributed by atoms with Gasteiger partial charge in [-0.1, -0.05) is 45.9 Å². The lowest BCUT2D eigenvalue weighted by Crippen LogP contribution is -2.39. The molecule has 2 atom stereocenters. The molecule has 1 aliphatic rings. The van der Waals surface area contributed by atoms with Crippen molar-refractivity contribution in [1.82, 2.24) is 4.90 Å². The van der Waals surface area contributed by atoms with Crippen molar-refractivity contribution >= 4 is 17.5 Å². The van der Waals surface area contributed by atoms with Crippen LogP contribution in [0.2, 0.25) is 0 Å². The maximum Gasteiger partial charge on any atom is 0.254 e. The van der Waals surface area contributed by atoms with Crippen LogP contribution in [0, 0.1) is 5.92 Å². The summed E-state index contributed by atoms with van der Waals surface area (Å²) in [5.74, 6) is 1.13. The maximum atomic E-state index is 12.9. The summed E-state index contributed by atoms with van der Waals surface area (Å²) in [5.41, 5.74) is 1.90. The van der Waals surface area contributed by atoms with Crippen LogP contribution >= 0.6 is 11.6 Å². The molecule has 1 saturated heterocycles. The first-order chi connectivity index (χ1) is 9.36. The second-order valence-electron chi connectivity index (χ2n) is 6.78. The molecule has 20 heavy (non-hydrogen) atoms. The Kier molecular flexibility index (Phi) is 4.43. The van der Waals surface area contributed by atoms with Gasteiger partial charge in [-0.15, -0.1) is 11.6 Å². The van der Waals surface area contributed by atoms with Gasteiger partial charge in [0.1, 0.15) is 0 Å². The standard InChI is InChI=1S/C17H24ClNO/c1-12-9-10-19(15(12)11-18)16(20)13-7-5-6-8-14(13)17(2,3)4/h5-8,12,15H,9-11H2,1-4H3. The van der Waals surface area contributed by atoms with Crippen LogP contribution in [0.1, 0.15) is 50.0 Å². The molecular formula is C17H24ClNO. The lowest BCUT2D eigenvalue weighted by Gasteiger charge is -2.28. The highest BCUT2D eigenvalue weighted by Gasteiger charge is 2.35. The predicted octanol–water partition coefficient (Wildman–Crippen LogP) is 4.07. The van der Waals surface area contributed by atoms with Gasteiger partial charge in [0.15, 0.2) is 0 Å². The number of nitrogens with zero attached hydrogens (tertiary/aromatic N) is 1. The summed E-state index contributed by atoms with van der Waals surface area (Å²) in [6, 6.07) is 8.11. The Morgan fingerprint density at radius 2 is 2.00 bits per heavy atom. The minimum Gasteiger partial charge on any atom is -0.334 e. The van der Waals surface area contributed by atoms with Crippen molar-refractivity contribution in [1.29, 1.82) is 0 Å². The fourth-order valence-corrected chi connectivity index (χ4v) is 3.44. The number of amides is 1. The number of hydrogen-bond acceptors (Lipinski definition) is 1. The molecule has 0 radical (unpaired) electrons. The van der Waals surface area contributed by atoms with Crippen molar-refractivity contribution in [3.63, 3.8) is 0 Å². The molecule has 0 spiro atoms. The van der Waals surface area contributed by atoms with Crippen LogP contribution in [0.4, 0.5) is 0 Å². The number of carbonyl (C=O) groups is 1. The molecule has 2 rings (SSSR count). The first-order valence-corrected chi connectivity index (χ1v) is 7.86. The van der Waals surface area contributed by atoms with E-state index in [2.05, 4.69) is 33.8 Å². The van der Waals surface area contributed by atoms with Crippen molar-refractivity contribution in [3.05, 3.63) is 35.4 Å². The van der Waals surface area contributed by atoms with Crippen molar-refractivity contribution in [2.75, 3.05) is 12.4 Å². The van der Waals surface area contributed by atoms with Gasteiger partial charge in [0.2, 0.25) is 0 Å². The molecule has 2 unspecified atom stereocenters. The molecule has 1 aromatic carbocycles. The molecule has 110 valence electrons.